The summed E-state index contributed by atoms with van der Waals surface area (Å²) in [6, 6.07) is 10.3. The van der Waals surface area contributed by atoms with Crippen LogP contribution in [-0.2, 0) is 4.12 Å². The van der Waals surface area contributed by atoms with Crippen LogP contribution in [-0.4, -0.2) is 16.6 Å². The van der Waals surface area contributed by atoms with Gasteiger partial charge in [-0.05, 0) is 31.8 Å². The van der Waals surface area contributed by atoms with Crippen LogP contribution in [0.2, 0.25) is 26.2 Å². The molecule has 0 heterocycles. The Hall–Kier alpha value is -0.906. The topological polar surface area (TPSA) is 9.23 Å². The molecular formula is C14H22OSi2. The number of hydrogen-bond donors (Lipinski definition) is 0. The first-order valence-corrected chi connectivity index (χ1v) is 11.9. The van der Waals surface area contributed by atoms with Gasteiger partial charge in [0.1, 0.15) is 0 Å². The van der Waals surface area contributed by atoms with Gasteiger partial charge in [0, 0.05) is 0 Å². The second-order valence-electron chi connectivity index (χ2n) is 5.35. The standard InChI is InChI=1S/C14H22OSi2/c1-6-17(5,15-16(2,3)4)13-12-14-10-8-7-9-11-14/h6-13H,1H2,2-5H3. The lowest BCUT2D eigenvalue weighted by Crippen LogP contribution is -2.42. The van der Waals surface area contributed by atoms with E-state index in [1.54, 1.807) is 0 Å². The number of hydrogen-bond acceptors (Lipinski definition) is 1. The van der Waals surface area contributed by atoms with E-state index in [0.717, 1.165) is 0 Å². The van der Waals surface area contributed by atoms with Crippen LogP contribution in [0, 0.1) is 0 Å². The molecule has 0 amide bonds. The van der Waals surface area contributed by atoms with Crippen LogP contribution in [0.5, 0.6) is 0 Å². The van der Waals surface area contributed by atoms with Gasteiger partial charge in [0.25, 0.3) is 0 Å². The first kappa shape index (κ1) is 14.2. The van der Waals surface area contributed by atoms with Gasteiger partial charge in [0.15, 0.2) is 8.32 Å². The Kier molecular flexibility index (Phi) is 4.68. The Morgan fingerprint density at radius 3 is 2.12 bits per heavy atom. The van der Waals surface area contributed by atoms with Gasteiger partial charge >= 0.3 is 0 Å². The molecule has 0 aliphatic carbocycles. The monoisotopic (exact) mass is 262 g/mol. The molecule has 1 aromatic rings. The van der Waals surface area contributed by atoms with E-state index in [2.05, 4.69) is 56.7 Å². The number of benzene rings is 1. The van der Waals surface area contributed by atoms with Gasteiger partial charge in [-0.25, -0.2) is 0 Å². The molecule has 0 aliphatic heterocycles. The lowest BCUT2D eigenvalue weighted by atomic mass is 10.2. The molecule has 0 spiro atoms. The largest absolute Gasteiger partial charge is 0.450 e. The van der Waals surface area contributed by atoms with Crippen molar-refractivity contribution in [1.29, 1.82) is 0 Å². The summed E-state index contributed by atoms with van der Waals surface area (Å²) in [6.45, 7) is 12.8. The molecule has 0 radical (unpaired) electrons. The van der Waals surface area contributed by atoms with E-state index < -0.39 is 16.6 Å². The highest BCUT2D eigenvalue weighted by molar-refractivity contribution is 6.90. The van der Waals surface area contributed by atoms with E-state index in [-0.39, 0.29) is 0 Å². The molecule has 0 saturated heterocycles. The van der Waals surface area contributed by atoms with Crippen molar-refractivity contribution >= 4 is 22.7 Å². The van der Waals surface area contributed by atoms with Crippen LogP contribution in [0.15, 0.2) is 48.3 Å². The minimum Gasteiger partial charge on any atom is -0.450 e. The summed E-state index contributed by atoms with van der Waals surface area (Å²) >= 11 is 0. The molecule has 17 heavy (non-hydrogen) atoms. The van der Waals surface area contributed by atoms with E-state index in [1.165, 1.54) is 5.56 Å². The fraction of sp³-hybridized carbons (Fsp3) is 0.286. The predicted molar refractivity (Wildman–Crippen MR) is 81.7 cm³/mol. The molecule has 0 aromatic heterocycles. The predicted octanol–water partition coefficient (Wildman–Crippen LogP) is 4.39. The smallest absolute Gasteiger partial charge is 0.226 e. The first-order chi connectivity index (χ1) is 7.85. The van der Waals surface area contributed by atoms with Crippen LogP contribution in [0.3, 0.4) is 0 Å². The number of rotatable bonds is 5. The van der Waals surface area contributed by atoms with Crippen LogP contribution in [0.4, 0.5) is 0 Å². The molecule has 1 rings (SSSR count). The Bertz CT molecular complexity index is 392. The van der Waals surface area contributed by atoms with Crippen LogP contribution in [0.1, 0.15) is 5.56 Å². The first-order valence-electron chi connectivity index (χ1n) is 5.93. The Morgan fingerprint density at radius 2 is 1.65 bits per heavy atom. The molecule has 1 aromatic carbocycles. The molecule has 1 nitrogen and oxygen atoms in total. The zero-order chi connectivity index (χ0) is 12.9. The molecule has 0 bridgehead atoms. The maximum Gasteiger partial charge on any atom is 0.226 e. The van der Waals surface area contributed by atoms with Gasteiger partial charge in [-0.2, -0.15) is 0 Å². The molecule has 0 N–H and O–H groups in total. The van der Waals surface area contributed by atoms with E-state index in [0.29, 0.717) is 0 Å². The van der Waals surface area contributed by atoms with Crippen molar-refractivity contribution in [2.45, 2.75) is 26.2 Å². The minimum atomic E-state index is -1.90. The van der Waals surface area contributed by atoms with Crippen molar-refractivity contribution in [2.24, 2.45) is 0 Å². The maximum absolute atomic E-state index is 6.27. The highest BCUT2D eigenvalue weighted by Crippen LogP contribution is 2.17. The quantitative estimate of drug-likeness (QED) is 0.715. The van der Waals surface area contributed by atoms with E-state index in [4.69, 9.17) is 4.12 Å². The second-order valence-corrected chi connectivity index (χ2v) is 13.5. The molecule has 1 unspecified atom stereocenters. The van der Waals surface area contributed by atoms with Crippen molar-refractivity contribution in [2.75, 3.05) is 0 Å². The third-order valence-electron chi connectivity index (χ3n) is 2.34. The van der Waals surface area contributed by atoms with Crippen molar-refractivity contribution in [1.82, 2.24) is 0 Å². The Balaban J connectivity index is 2.82. The van der Waals surface area contributed by atoms with Crippen molar-refractivity contribution < 1.29 is 4.12 Å². The fourth-order valence-electron chi connectivity index (χ4n) is 1.63. The summed E-state index contributed by atoms with van der Waals surface area (Å²) in [6.07, 6.45) is 2.15. The zero-order valence-electron chi connectivity index (χ0n) is 11.2. The van der Waals surface area contributed by atoms with Gasteiger partial charge in [-0.3, -0.25) is 0 Å². The SMILES string of the molecule is C=C[Si](C)(C=Cc1ccccc1)O[Si](C)(C)C. The molecule has 0 fully saturated rings. The maximum atomic E-state index is 6.27. The van der Waals surface area contributed by atoms with Gasteiger partial charge in [0.05, 0.1) is 0 Å². The van der Waals surface area contributed by atoms with Crippen molar-refractivity contribution in [3.8, 4) is 0 Å². The minimum absolute atomic E-state index is 1.22. The molecular weight excluding hydrogens is 240 g/mol. The summed E-state index contributed by atoms with van der Waals surface area (Å²) in [7, 11) is -3.41. The highest BCUT2D eigenvalue weighted by Gasteiger charge is 2.28. The van der Waals surface area contributed by atoms with Crippen molar-refractivity contribution in [3.63, 3.8) is 0 Å². The average Bonchev–Trinajstić information content (AvgIpc) is 2.26. The van der Waals surface area contributed by atoms with E-state index in [9.17, 15) is 0 Å². The lowest BCUT2D eigenvalue weighted by Gasteiger charge is -2.29. The molecule has 92 valence electrons. The van der Waals surface area contributed by atoms with Gasteiger partial charge in [-0.15, -0.1) is 6.58 Å². The summed E-state index contributed by atoms with van der Waals surface area (Å²) in [5, 5.41) is 0. The van der Waals surface area contributed by atoms with E-state index in [1.807, 2.05) is 23.9 Å². The van der Waals surface area contributed by atoms with E-state index >= 15 is 0 Å². The highest BCUT2D eigenvalue weighted by atomic mass is 28.4. The van der Waals surface area contributed by atoms with Gasteiger partial charge in [0.2, 0.25) is 8.32 Å². The van der Waals surface area contributed by atoms with Crippen LogP contribution in [0.25, 0.3) is 6.08 Å². The fourth-order valence-corrected chi connectivity index (χ4v) is 8.17. The van der Waals surface area contributed by atoms with Gasteiger partial charge in [-0.1, -0.05) is 47.8 Å². The average molecular weight is 263 g/mol. The molecule has 3 heteroatoms. The third kappa shape index (κ3) is 5.30. The second kappa shape index (κ2) is 5.62. The van der Waals surface area contributed by atoms with Crippen LogP contribution < -0.4 is 0 Å². The third-order valence-corrected chi connectivity index (χ3v) is 8.19. The van der Waals surface area contributed by atoms with Crippen molar-refractivity contribution in [3.05, 3.63) is 53.9 Å². The summed E-state index contributed by atoms with van der Waals surface area (Å²) < 4.78 is 6.27. The van der Waals surface area contributed by atoms with Crippen LogP contribution >= 0.6 is 0 Å². The summed E-state index contributed by atoms with van der Waals surface area (Å²) in [4.78, 5) is 0. The molecule has 1 atom stereocenters. The molecule has 0 aliphatic rings. The molecule has 0 saturated carbocycles. The normalized spacial score (nSPS) is 15.8. The van der Waals surface area contributed by atoms with Gasteiger partial charge < -0.3 is 4.12 Å². The summed E-state index contributed by atoms with van der Waals surface area (Å²) in [5.41, 5.74) is 5.44. The summed E-state index contributed by atoms with van der Waals surface area (Å²) in [5.74, 6) is 0. The Morgan fingerprint density at radius 1 is 1.06 bits per heavy atom. The lowest BCUT2D eigenvalue weighted by molar-refractivity contribution is 0.571. The zero-order valence-corrected chi connectivity index (χ0v) is 13.2. The Labute approximate surface area is 107 Å².